The highest BCUT2D eigenvalue weighted by atomic mass is 16.5. The molecule has 2 aromatic carbocycles. The molecule has 2 N–H and O–H groups in total. The SMILES string of the molecule is CCOc1ccc(Nc2cc(C(=O)Nc3cc(C)ccc3OC)nc(C)n2)cc1. The van der Waals surface area contributed by atoms with Crippen molar-refractivity contribution >= 4 is 23.1 Å². The summed E-state index contributed by atoms with van der Waals surface area (Å²) >= 11 is 0. The van der Waals surface area contributed by atoms with E-state index in [9.17, 15) is 4.79 Å². The van der Waals surface area contributed by atoms with Crippen LogP contribution in [-0.4, -0.2) is 29.6 Å². The highest BCUT2D eigenvalue weighted by Crippen LogP contribution is 2.26. The smallest absolute Gasteiger partial charge is 0.274 e. The highest BCUT2D eigenvalue weighted by molar-refractivity contribution is 6.04. The van der Waals surface area contributed by atoms with Crippen LogP contribution in [0.2, 0.25) is 0 Å². The van der Waals surface area contributed by atoms with Crippen molar-refractivity contribution in [2.24, 2.45) is 0 Å². The van der Waals surface area contributed by atoms with Gasteiger partial charge in [0.1, 0.15) is 28.8 Å². The summed E-state index contributed by atoms with van der Waals surface area (Å²) in [4.78, 5) is 21.4. The minimum absolute atomic E-state index is 0.259. The van der Waals surface area contributed by atoms with E-state index in [0.29, 0.717) is 29.7 Å². The third-order valence-electron chi connectivity index (χ3n) is 4.11. The molecular formula is C22H24N4O3. The summed E-state index contributed by atoms with van der Waals surface area (Å²) in [6.07, 6.45) is 0. The number of hydrogen-bond donors (Lipinski definition) is 2. The van der Waals surface area contributed by atoms with E-state index >= 15 is 0 Å². The summed E-state index contributed by atoms with van der Waals surface area (Å²) in [6.45, 7) is 6.24. The Kier molecular flexibility index (Phi) is 6.29. The molecule has 29 heavy (non-hydrogen) atoms. The zero-order chi connectivity index (χ0) is 20.8. The predicted octanol–water partition coefficient (Wildman–Crippen LogP) is 4.50. The van der Waals surface area contributed by atoms with Gasteiger partial charge in [-0.3, -0.25) is 4.79 Å². The molecule has 0 saturated heterocycles. The third-order valence-corrected chi connectivity index (χ3v) is 4.11. The summed E-state index contributed by atoms with van der Waals surface area (Å²) in [5, 5.41) is 6.05. The van der Waals surface area contributed by atoms with Crippen molar-refractivity contribution in [2.45, 2.75) is 20.8 Å². The normalized spacial score (nSPS) is 10.3. The van der Waals surface area contributed by atoms with E-state index in [2.05, 4.69) is 20.6 Å². The van der Waals surface area contributed by atoms with Gasteiger partial charge in [-0.05, 0) is 62.7 Å². The first kappa shape index (κ1) is 20.1. The second-order valence-electron chi connectivity index (χ2n) is 6.43. The summed E-state index contributed by atoms with van der Waals surface area (Å²) in [5.74, 6) is 2.06. The van der Waals surface area contributed by atoms with Gasteiger partial charge in [0.15, 0.2) is 0 Å². The van der Waals surface area contributed by atoms with E-state index in [1.807, 2.05) is 56.3 Å². The molecule has 0 unspecified atom stereocenters. The molecule has 0 aliphatic heterocycles. The fourth-order valence-electron chi connectivity index (χ4n) is 2.80. The van der Waals surface area contributed by atoms with Crippen LogP contribution >= 0.6 is 0 Å². The van der Waals surface area contributed by atoms with Gasteiger partial charge in [0, 0.05) is 11.8 Å². The number of methoxy groups -OCH3 is 1. The molecule has 1 aromatic heterocycles. The maximum Gasteiger partial charge on any atom is 0.274 e. The zero-order valence-corrected chi connectivity index (χ0v) is 16.9. The number of amides is 1. The fourth-order valence-corrected chi connectivity index (χ4v) is 2.80. The molecular weight excluding hydrogens is 368 g/mol. The fraction of sp³-hybridized carbons (Fsp3) is 0.227. The van der Waals surface area contributed by atoms with Crippen LogP contribution < -0.4 is 20.1 Å². The van der Waals surface area contributed by atoms with Crippen LogP contribution in [0.5, 0.6) is 11.5 Å². The van der Waals surface area contributed by atoms with E-state index < -0.39 is 0 Å². The second-order valence-corrected chi connectivity index (χ2v) is 6.43. The van der Waals surface area contributed by atoms with Gasteiger partial charge in [0.2, 0.25) is 0 Å². The summed E-state index contributed by atoms with van der Waals surface area (Å²) in [7, 11) is 1.56. The van der Waals surface area contributed by atoms with Crippen LogP contribution in [0.25, 0.3) is 0 Å². The molecule has 7 heteroatoms. The maximum atomic E-state index is 12.8. The van der Waals surface area contributed by atoms with Crippen molar-refractivity contribution in [3.63, 3.8) is 0 Å². The summed E-state index contributed by atoms with van der Waals surface area (Å²) < 4.78 is 10.8. The topological polar surface area (TPSA) is 85.4 Å². The summed E-state index contributed by atoms with van der Waals surface area (Å²) in [5.41, 5.74) is 2.69. The van der Waals surface area contributed by atoms with Gasteiger partial charge in [-0.2, -0.15) is 0 Å². The van der Waals surface area contributed by atoms with Crippen molar-refractivity contribution in [2.75, 3.05) is 24.4 Å². The van der Waals surface area contributed by atoms with E-state index in [1.54, 1.807) is 20.1 Å². The van der Waals surface area contributed by atoms with Crippen molar-refractivity contribution < 1.29 is 14.3 Å². The molecule has 7 nitrogen and oxygen atoms in total. The Labute approximate surface area is 170 Å². The van der Waals surface area contributed by atoms with Gasteiger partial charge in [-0.15, -0.1) is 0 Å². The molecule has 0 aliphatic rings. The van der Waals surface area contributed by atoms with Crippen molar-refractivity contribution in [1.29, 1.82) is 0 Å². The number of nitrogens with one attached hydrogen (secondary N) is 2. The first-order chi connectivity index (χ1) is 14.0. The Balaban J connectivity index is 1.79. The average Bonchev–Trinajstić information content (AvgIpc) is 2.69. The molecule has 1 amide bonds. The second kappa shape index (κ2) is 9.05. The van der Waals surface area contributed by atoms with Gasteiger partial charge in [-0.25, -0.2) is 9.97 Å². The number of hydrogen-bond acceptors (Lipinski definition) is 6. The first-order valence-corrected chi connectivity index (χ1v) is 9.30. The number of carbonyl (C=O) groups is 1. The third kappa shape index (κ3) is 5.22. The number of aromatic nitrogens is 2. The minimum atomic E-state index is -0.339. The Hall–Kier alpha value is -3.61. The monoisotopic (exact) mass is 392 g/mol. The molecule has 0 aliphatic carbocycles. The molecule has 0 bridgehead atoms. The quantitative estimate of drug-likeness (QED) is 0.616. The molecule has 0 saturated carbocycles. The molecule has 150 valence electrons. The maximum absolute atomic E-state index is 12.8. The van der Waals surface area contributed by atoms with Gasteiger partial charge in [0.25, 0.3) is 5.91 Å². The van der Waals surface area contributed by atoms with E-state index in [1.165, 1.54) is 0 Å². The van der Waals surface area contributed by atoms with E-state index in [0.717, 1.165) is 17.0 Å². The standard InChI is InChI=1S/C22H24N4O3/c1-5-29-17-9-7-16(8-10-17)25-21-13-19(23-15(3)24-21)22(27)26-18-12-14(2)6-11-20(18)28-4/h6-13H,5H2,1-4H3,(H,26,27)(H,23,24,25). The largest absolute Gasteiger partial charge is 0.495 e. The average molecular weight is 392 g/mol. The van der Waals surface area contributed by atoms with Crippen LogP contribution in [0.1, 0.15) is 28.8 Å². The van der Waals surface area contributed by atoms with E-state index in [-0.39, 0.29) is 11.6 Å². The lowest BCUT2D eigenvalue weighted by atomic mass is 10.2. The van der Waals surface area contributed by atoms with Crippen molar-refractivity contribution in [1.82, 2.24) is 9.97 Å². The highest BCUT2D eigenvalue weighted by Gasteiger charge is 2.14. The summed E-state index contributed by atoms with van der Waals surface area (Å²) in [6, 6.07) is 14.7. The molecule has 3 aromatic rings. The Bertz CT molecular complexity index is 1000. The van der Waals surface area contributed by atoms with Crippen LogP contribution in [0.15, 0.2) is 48.5 Å². The number of anilines is 3. The number of benzene rings is 2. The number of aryl methyl sites for hydroxylation is 2. The predicted molar refractivity (Wildman–Crippen MR) is 113 cm³/mol. The molecule has 0 radical (unpaired) electrons. The minimum Gasteiger partial charge on any atom is -0.495 e. The van der Waals surface area contributed by atoms with Crippen molar-refractivity contribution in [3.05, 3.63) is 65.6 Å². The van der Waals surface area contributed by atoms with Gasteiger partial charge >= 0.3 is 0 Å². The molecule has 0 atom stereocenters. The lowest BCUT2D eigenvalue weighted by Gasteiger charge is -2.12. The van der Waals surface area contributed by atoms with Gasteiger partial charge in [-0.1, -0.05) is 6.07 Å². The van der Waals surface area contributed by atoms with E-state index in [4.69, 9.17) is 9.47 Å². The van der Waals surface area contributed by atoms with Crippen LogP contribution in [-0.2, 0) is 0 Å². The number of nitrogens with zero attached hydrogens (tertiary/aromatic N) is 2. The zero-order valence-electron chi connectivity index (χ0n) is 16.9. The molecule has 3 rings (SSSR count). The Morgan fingerprint density at radius 2 is 1.79 bits per heavy atom. The van der Waals surface area contributed by atoms with Crippen molar-refractivity contribution in [3.8, 4) is 11.5 Å². The number of ether oxygens (including phenoxy) is 2. The lowest BCUT2D eigenvalue weighted by Crippen LogP contribution is -2.16. The lowest BCUT2D eigenvalue weighted by molar-refractivity contribution is 0.102. The molecule has 0 spiro atoms. The van der Waals surface area contributed by atoms with Gasteiger partial charge in [0.05, 0.1) is 19.4 Å². The number of rotatable bonds is 7. The molecule has 0 fully saturated rings. The molecule has 1 heterocycles. The van der Waals surface area contributed by atoms with Crippen LogP contribution in [0.3, 0.4) is 0 Å². The van der Waals surface area contributed by atoms with Crippen LogP contribution in [0, 0.1) is 13.8 Å². The Morgan fingerprint density at radius 1 is 1.03 bits per heavy atom. The van der Waals surface area contributed by atoms with Crippen LogP contribution in [0.4, 0.5) is 17.2 Å². The first-order valence-electron chi connectivity index (χ1n) is 9.30. The Morgan fingerprint density at radius 3 is 2.48 bits per heavy atom. The number of carbonyl (C=O) groups excluding carboxylic acids is 1. The van der Waals surface area contributed by atoms with Gasteiger partial charge < -0.3 is 20.1 Å².